The summed E-state index contributed by atoms with van der Waals surface area (Å²) >= 11 is 6.52. The number of nitrogens with zero attached hydrogens (tertiary/aromatic N) is 2. The first-order chi connectivity index (χ1) is 12.5. The van der Waals surface area contributed by atoms with Crippen molar-refractivity contribution in [2.45, 2.75) is 17.6 Å². The molecule has 1 heterocycles. The number of alkyl halides is 1. The fourth-order valence-electron chi connectivity index (χ4n) is 3.06. The number of aliphatic hydroxyl groups is 1. The van der Waals surface area contributed by atoms with Crippen molar-refractivity contribution in [2.24, 2.45) is 4.99 Å². The van der Waals surface area contributed by atoms with Gasteiger partial charge in [0.2, 0.25) is 6.08 Å². The number of aliphatic carboxylic acids is 1. The number of carbonyl (C=O) groups excluding carboxylic acids is 1. The van der Waals surface area contributed by atoms with E-state index in [2.05, 4.69) is 4.99 Å². The molecule has 0 saturated carbocycles. The van der Waals surface area contributed by atoms with Crippen molar-refractivity contribution in [3.63, 3.8) is 0 Å². The van der Waals surface area contributed by atoms with Crippen molar-refractivity contribution in [1.29, 1.82) is 0 Å². The SMILES string of the molecule is O=C=N[C@@H](c1ccccc1)C(C(=O)O)N1C=C(O)c2ccccc2C1Cl. The maximum Gasteiger partial charge on any atom is 0.329 e. The van der Waals surface area contributed by atoms with Crippen LogP contribution in [0.1, 0.15) is 28.2 Å². The number of carboxylic acid groups (broad SMARTS) is 1. The lowest BCUT2D eigenvalue weighted by molar-refractivity contribution is -0.143. The topological polar surface area (TPSA) is 90.2 Å². The number of fused-ring (bicyclic) bond motifs is 1. The Morgan fingerprint density at radius 3 is 2.46 bits per heavy atom. The van der Waals surface area contributed by atoms with Crippen LogP contribution in [-0.4, -0.2) is 33.2 Å². The number of carboxylic acids is 1. The van der Waals surface area contributed by atoms with E-state index in [9.17, 15) is 19.8 Å². The molecule has 1 aliphatic heterocycles. The maximum absolute atomic E-state index is 12.1. The van der Waals surface area contributed by atoms with Gasteiger partial charge in [0, 0.05) is 17.3 Å². The summed E-state index contributed by atoms with van der Waals surface area (Å²) in [5, 5.41) is 20.2. The minimum absolute atomic E-state index is 0.106. The monoisotopic (exact) mass is 370 g/mol. The largest absolute Gasteiger partial charge is 0.506 e. The van der Waals surface area contributed by atoms with Gasteiger partial charge < -0.3 is 15.1 Å². The lowest BCUT2D eigenvalue weighted by Gasteiger charge is -2.37. The Hall–Kier alpha value is -3.08. The van der Waals surface area contributed by atoms with Crippen LogP contribution < -0.4 is 0 Å². The number of aliphatic imine (C=N–C) groups is 1. The highest BCUT2D eigenvalue weighted by atomic mass is 35.5. The molecule has 3 atom stereocenters. The van der Waals surface area contributed by atoms with Gasteiger partial charge in [-0.25, -0.2) is 9.59 Å². The van der Waals surface area contributed by atoms with Crippen molar-refractivity contribution in [3.05, 3.63) is 77.5 Å². The summed E-state index contributed by atoms with van der Waals surface area (Å²) < 4.78 is 0. The van der Waals surface area contributed by atoms with E-state index in [4.69, 9.17) is 11.6 Å². The number of isocyanates is 1. The van der Waals surface area contributed by atoms with Gasteiger partial charge in [-0.15, -0.1) is 0 Å². The van der Waals surface area contributed by atoms with Crippen LogP contribution in [0.4, 0.5) is 0 Å². The standard InChI is InChI=1S/C19H15ClN2O4/c20-18-14-9-5-4-8-13(14)15(24)10-22(18)17(19(25)26)16(21-11-23)12-6-2-1-3-7-12/h1-10,16-18,24H,(H,25,26)/t16-,17?,18?/m0/s1. The number of aliphatic hydroxyl groups excluding tert-OH is 1. The lowest BCUT2D eigenvalue weighted by Crippen LogP contribution is -2.44. The molecule has 0 aliphatic carbocycles. The molecule has 2 aromatic carbocycles. The van der Waals surface area contributed by atoms with Gasteiger partial charge in [0.1, 0.15) is 17.3 Å². The highest BCUT2D eigenvalue weighted by Gasteiger charge is 2.40. The van der Waals surface area contributed by atoms with Crippen molar-refractivity contribution in [3.8, 4) is 0 Å². The molecule has 132 valence electrons. The second-order valence-corrected chi connectivity index (χ2v) is 6.16. The van der Waals surface area contributed by atoms with E-state index in [0.717, 1.165) is 0 Å². The van der Waals surface area contributed by atoms with Crippen LogP contribution in [0.3, 0.4) is 0 Å². The fourth-order valence-corrected chi connectivity index (χ4v) is 3.42. The normalized spacial score (nSPS) is 18.1. The van der Waals surface area contributed by atoms with Crippen LogP contribution in [0.15, 0.2) is 65.8 Å². The second-order valence-electron chi connectivity index (χ2n) is 5.74. The zero-order valence-corrected chi connectivity index (χ0v) is 14.2. The first kappa shape index (κ1) is 17.7. The lowest BCUT2D eigenvalue weighted by atomic mass is 9.95. The van der Waals surface area contributed by atoms with Gasteiger partial charge in [-0.05, 0) is 5.56 Å². The average molecular weight is 371 g/mol. The van der Waals surface area contributed by atoms with E-state index in [0.29, 0.717) is 16.7 Å². The van der Waals surface area contributed by atoms with Gasteiger partial charge in [-0.1, -0.05) is 66.2 Å². The second kappa shape index (κ2) is 7.44. The van der Waals surface area contributed by atoms with Gasteiger partial charge in [-0.3, -0.25) is 0 Å². The summed E-state index contributed by atoms with van der Waals surface area (Å²) in [4.78, 5) is 28.0. The summed E-state index contributed by atoms with van der Waals surface area (Å²) in [6.45, 7) is 0. The molecule has 0 spiro atoms. The molecule has 0 amide bonds. The van der Waals surface area contributed by atoms with Crippen LogP contribution in [0, 0.1) is 0 Å². The summed E-state index contributed by atoms with van der Waals surface area (Å²) in [6, 6.07) is 13.1. The molecular weight excluding hydrogens is 356 g/mol. The number of carbonyl (C=O) groups is 1. The van der Waals surface area contributed by atoms with Crippen LogP contribution in [0.5, 0.6) is 0 Å². The molecule has 0 aromatic heterocycles. The quantitative estimate of drug-likeness (QED) is 0.363. The molecule has 0 radical (unpaired) electrons. The average Bonchev–Trinajstić information content (AvgIpc) is 2.65. The third-order valence-corrected chi connectivity index (χ3v) is 4.69. The summed E-state index contributed by atoms with van der Waals surface area (Å²) in [6.07, 6.45) is 2.72. The third kappa shape index (κ3) is 3.20. The minimum Gasteiger partial charge on any atom is -0.506 e. The smallest absolute Gasteiger partial charge is 0.329 e. The third-order valence-electron chi connectivity index (χ3n) is 4.23. The molecular formula is C19H15ClN2O4. The molecule has 2 N–H and O–H groups in total. The molecule has 0 saturated heterocycles. The van der Waals surface area contributed by atoms with Crippen LogP contribution in [-0.2, 0) is 9.59 Å². The fraction of sp³-hybridized carbons (Fsp3) is 0.158. The van der Waals surface area contributed by atoms with E-state index in [1.165, 1.54) is 17.2 Å². The summed E-state index contributed by atoms with van der Waals surface area (Å²) in [5.41, 5.74) is 0.778. The van der Waals surface area contributed by atoms with Crippen LogP contribution in [0.2, 0.25) is 0 Å². The van der Waals surface area contributed by atoms with E-state index in [1.54, 1.807) is 54.6 Å². The van der Waals surface area contributed by atoms with E-state index < -0.39 is 23.6 Å². The van der Waals surface area contributed by atoms with Crippen molar-refractivity contribution in [2.75, 3.05) is 0 Å². The van der Waals surface area contributed by atoms with Gasteiger partial charge in [-0.2, -0.15) is 4.99 Å². The van der Waals surface area contributed by atoms with Gasteiger partial charge in [0.15, 0.2) is 6.04 Å². The van der Waals surface area contributed by atoms with Crippen molar-refractivity contribution in [1.82, 2.24) is 4.90 Å². The van der Waals surface area contributed by atoms with Gasteiger partial charge in [0.05, 0.1) is 0 Å². The highest BCUT2D eigenvalue weighted by molar-refractivity contribution is 6.21. The zero-order chi connectivity index (χ0) is 18.7. The van der Waals surface area contributed by atoms with Crippen molar-refractivity contribution < 1.29 is 19.8 Å². The first-order valence-corrected chi connectivity index (χ1v) is 8.24. The Bertz CT molecular complexity index is 893. The van der Waals surface area contributed by atoms with E-state index in [-0.39, 0.29) is 5.76 Å². The van der Waals surface area contributed by atoms with Crippen LogP contribution in [0.25, 0.3) is 5.76 Å². The molecule has 2 aromatic rings. The first-order valence-electron chi connectivity index (χ1n) is 7.81. The summed E-state index contributed by atoms with van der Waals surface area (Å²) in [5.74, 6) is -1.34. The molecule has 26 heavy (non-hydrogen) atoms. The highest BCUT2D eigenvalue weighted by Crippen LogP contribution is 2.40. The molecule has 6 nitrogen and oxygen atoms in total. The number of rotatable bonds is 5. The molecule has 2 unspecified atom stereocenters. The molecule has 0 fully saturated rings. The number of hydrogen-bond acceptors (Lipinski definition) is 5. The zero-order valence-electron chi connectivity index (χ0n) is 13.5. The predicted octanol–water partition coefficient (Wildman–Crippen LogP) is 3.63. The van der Waals surface area contributed by atoms with Gasteiger partial charge >= 0.3 is 5.97 Å². The van der Waals surface area contributed by atoms with Gasteiger partial charge in [0.25, 0.3) is 0 Å². The van der Waals surface area contributed by atoms with E-state index in [1.807, 2.05) is 0 Å². The molecule has 3 rings (SSSR count). The van der Waals surface area contributed by atoms with E-state index >= 15 is 0 Å². The van der Waals surface area contributed by atoms with Crippen LogP contribution >= 0.6 is 11.6 Å². The number of hydrogen-bond donors (Lipinski definition) is 2. The number of halogens is 1. The molecule has 1 aliphatic rings. The Kier molecular flexibility index (Phi) is 5.07. The Morgan fingerprint density at radius 2 is 1.81 bits per heavy atom. The predicted molar refractivity (Wildman–Crippen MR) is 96.2 cm³/mol. The summed E-state index contributed by atoms with van der Waals surface area (Å²) in [7, 11) is 0. The molecule has 0 bridgehead atoms. The Morgan fingerprint density at radius 1 is 1.15 bits per heavy atom. The Balaban J connectivity index is 2.10. The molecule has 7 heteroatoms. The van der Waals surface area contributed by atoms with Crippen molar-refractivity contribution >= 4 is 29.4 Å². The number of benzene rings is 2. The Labute approximate surface area is 154 Å². The maximum atomic E-state index is 12.1. The minimum atomic E-state index is -1.31.